The Morgan fingerprint density at radius 1 is 0.290 bits per heavy atom. The summed E-state index contributed by atoms with van der Waals surface area (Å²) >= 11 is 0. The molecule has 0 aliphatic rings. The number of unbranched alkanes of at least 4 members (excludes halogenated alkanes) is 21. The van der Waals surface area contributed by atoms with Crippen LogP contribution in [0.1, 0.15) is 252 Å². The fourth-order valence-electron chi connectivity index (χ4n) is 7.42. The minimum Gasteiger partial charge on any atom is -0.462 e. The van der Waals surface area contributed by atoms with Crippen molar-refractivity contribution in [2.75, 3.05) is 13.2 Å². The molecular formula is C63H104O6. The first-order chi connectivity index (χ1) is 34.0. The van der Waals surface area contributed by atoms with Crippen LogP contribution in [0.3, 0.4) is 0 Å². The normalized spacial score (nSPS) is 12.9. The standard InChI is InChI=1S/C63H104O6/c1-4-7-10-13-16-19-22-25-28-31-34-37-40-43-46-49-52-55-61(64)67-58-60(69-63(66)57-54-51-48-45-42-39-36-33-30-27-24-21-18-15-12-9-6-3)59-68-62(65)56-53-50-47-44-41-38-35-32-29-26-23-20-17-14-11-8-5-2/h16-17,19-20,25-30,34,36-37,39,43,45-46,48,60H,4-15,18,21-24,31-33,35,38,40-42,44,47,49-59H2,1-3H3/b19-16-,20-17-,28-25-,29-26-,30-27-,37-34-,39-36-,46-43-,48-45-. The second-order valence-corrected chi connectivity index (χ2v) is 18.5. The third kappa shape index (κ3) is 54.9. The quantitative estimate of drug-likeness (QED) is 0.0262. The molecule has 0 aromatic heterocycles. The third-order valence-electron chi connectivity index (χ3n) is 11.7. The first-order valence-corrected chi connectivity index (χ1v) is 28.4. The van der Waals surface area contributed by atoms with Gasteiger partial charge in [0.05, 0.1) is 0 Å². The number of ether oxygens (including phenoxy) is 3. The maximum absolute atomic E-state index is 12.8. The summed E-state index contributed by atoms with van der Waals surface area (Å²) in [6.45, 7) is 6.48. The second kappa shape index (κ2) is 56.7. The zero-order chi connectivity index (χ0) is 50.0. The Balaban J connectivity index is 4.57. The minimum absolute atomic E-state index is 0.121. The Morgan fingerprint density at radius 3 is 0.899 bits per heavy atom. The molecule has 0 saturated carbocycles. The highest BCUT2D eigenvalue weighted by Crippen LogP contribution is 2.13. The van der Waals surface area contributed by atoms with Crippen molar-refractivity contribution >= 4 is 17.9 Å². The number of rotatable bonds is 50. The molecule has 0 heterocycles. The zero-order valence-corrected chi connectivity index (χ0v) is 44.8. The van der Waals surface area contributed by atoms with Gasteiger partial charge in [-0.3, -0.25) is 14.4 Å². The molecule has 0 spiro atoms. The van der Waals surface area contributed by atoms with E-state index in [-0.39, 0.29) is 44.0 Å². The Bertz CT molecular complexity index is 1420. The van der Waals surface area contributed by atoms with E-state index in [0.717, 1.165) is 77.0 Å². The van der Waals surface area contributed by atoms with Crippen molar-refractivity contribution in [1.29, 1.82) is 0 Å². The van der Waals surface area contributed by atoms with Crippen LogP contribution in [0.2, 0.25) is 0 Å². The van der Waals surface area contributed by atoms with Crippen molar-refractivity contribution in [2.45, 2.75) is 258 Å². The maximum atomic E-state index is 12.8. The molecule has 6 heteroatoms. The molecule has 0 fully saturated rings. The van der Waals surface area contributed by atoms with Crippen molar-refractivity contribution in [1.82, 2.24) is 0 Å². The monoisotopic (exact) mass is 957 g/mol. The summed E-state index contributed by atoms with van der Waals surface area (Å²) < 4.78 is 16.8. The van der Waals surface area contributed by atoms with Crippen LogP contribution in [0, 0.1) is 0 Å². The molecule has 69 heavy (non-hydrogen) atoms. The van der Waals surface area contributed by atoms with Crippen LogP contribution >= 0.6 is 0 Å². The number of hydrogen-bond acceptors (Lipinski definition) is 6. The summed E-state index contributed by atoms with van der Waals surface area (Å²) in [4.78, 5) is 38.1. The van der Waals surface area contributed by atoms with Crippen LogP contribution in [0.4, 0.5) is 0 Å². The molecule has 0 aromatic carbocycles. The highest BCUT2D eigenvalue weighted by Gasteiger charge is 2.19. The average molecular weight is 958 g/mol. The summed E-state index contributed by atoms with van der Waals surface area (Å²) in [5.41, 5.74) is 0. The third-order valence-corrected chi connectivity index (χ3v) is 11.7. The molecule has 1 unspecified atom stereocenters. The van der Waals surface area contributed by atoms with Gasteiger partial charge in [-0.2, -0.15) is 0 Å². The summed E-state index contributed by atoms with van der Waals surface area (Å²) in [5.74, 6) is -1.04. The van der Waals surface area contributed by atoms with E-state index in [4.69, 9.17) is 14.2 Å². The van der Waals surface area contributed by atoms with Gasteiger partial charge in [0, 0.05) is 19.3 Å². The van der Waals surface area contributed by atoms with Crippen LogP contribution in [0.5, 0.6) is 0 Å². The predicted octanol–water partition coefficient (Wildman–Crippen LogP) is 19.1. The highest BCUT2D eigenvalue weighted by molar-refractivity contribution is 5.71. The van der Waals surface area contributed by atoms with Gasteiger partial charge in [-0.05, 0) is 122 Å². The van der Waals surface area contributed by atoms with E-state index in [1.54, 1.807) is 0 Å². The fourth-order valence-corrected chi connectivity index (χ4v) is 7.42. The first-order valence-electron chi connectivity index (χ1n) is 28.4. The number of esters is 3. The largest absolute Gasteiger partial charge is 0.462 e. The van der Waals surface area contributed by atoms with E-state index < -0.39 is 6.10 Å². The molecule has 392 valence electrons. The lowest BCUT2D eigenvalue weighted by atomic mass is 10.1. The van der Waals surface area contributed by atoms with E-state index in [9.17, 15) is 14.4 Å². The summed E-state index contributed by atoms with van der Waals surface area (Å²) in [5, 5.41) is 0. The molecule has 1 atom stereocenters. The Kier molecular flexibility index (Phi) is 53.4. The van der Waals surface area contributed by atoms with E-state index in [1.165, 1.54) is 122 Å². The number of carbonyl (C=O) groups excluding carboxylic acids is 3. The maximum Gasteiger partial charge on any atom is 0.306 e. The molecule has 0 rings (SSSR count). The average Bonchev–Trinajstić information content (AvgIpc) is 3.35. The molecule has 0 aromatic rings. The van der Waals surface area contributed by atoms with Crippen LogP contribution in [0.15, 0.2) is 109 Å². The Labute approximate surface area is 425 Å². The predicted molar refractivity (Wildman–Crippen MR) is 297 cm³/mol. The molecule has 0 N–H and O–H groups in total. The fraction of sp³-hybridized carbons (Fsp3) is 0.667. The summed E-state index contributed by atoms with van der Waals surface area (Å²) in [6.07, 6.45) is 76.5. The van der Waals surface area contributed by atoms with E-state index in [1.807, 2.05) is 0 Å². The zero-order valence-electron chi connectivity index (χ0n) is 44.8. The van der Waals surface area contributed by atoms with Gasteiger partial charge in [-0.1, -0.05) is 220 Å². The van der Waals surface area contributed by atoms with E-state index in [0.29, 0.717) is 19.3 Å². The molecular weight excluding hydrogens is 853 g/mol. The second-order valence-electron chi connectivity index (χ2n) is 18.5. The van der Waals surface area contributed by atoms with Gasteiger partial charge in [0.2, 0.25) is 0 Å². The van der Waals surface area contributed by atoms with Crippen LogP contribution in [-0.2, 0) is 28.6 Å². The van der Waals surface area contributed by atoms with Gasteiger partial charge in [-0.15, -0.1) is 0 Å². The van der Waals surface area contributed by atoms with Crippen molar-refractivity contribution in [3.8, 4) is 0 Å². The van der Waals surface area contributed by atoms with Crippen molar-refractivity contribution in [2.24, 2.45) is 0 Å². The van der Waals surface area contributed by atoms with Gasteiger partial charge in [0.15, 0.2) is 6.10 Å². The molecule has 0 bridgehead atoms. The van der Waals surface area contributed by atoms with Crippen molar-refractivity contribution < 1.29 is 28.6 Å². The number of carbonyl (C=O) groups is 3. The molecule has 0 amide bonds. The topological polar surface area (TPSA) is 78.9 Å². The molecule has 0 radical (unpaired) electrons. The van der Waals surface area contributed by atoms with Gasteiger partial charge in [0.1, 0.15) is 13.2 Å². The van der Waals surface area contributed by atoms with Gasteiger partial charge in [-0.25, -0.2) is 0 Å². The van der Waals surface area contributed by atoms with Crippen LogP contribution in [0.25, 0.3) is 0 Å². The van der Waals surface area contributed by atoms with Crippen LogP contribution in [-0.4, -0.2) is 37.2 Å². The lowest BCUT2D eigenvalue weighted by molar-refractivity contribution is -0.167. The SMILES string of the molecule is CCCCC/C=C\C/C=C\C/C=C\C/C=C\CCCC(=O)OCC(COC(=O)CCCCCCCCC/C=C\C/C=C\CCCCC)OC(=O)CCC/C=C\C/C=C\C/C=C\CCCCCCCC. The lowest BCUT2D eigenvalue weighted by Gasteiger charge is -2.18. The van der Waals surface area contributed by atoms with E-state index >= 15 is 0 Å². The first kappa shape index (κ1) is 65.1. The van der Waals surface area contributed by atoms with Crippen molar-refractivity contribution in [3.05, 3.63) is 109 Å². The molecule has 0 aliphatic carbocycles. The molecule has 0 aliphatic heterocycles. The molecule has 6 nitrogen and oxygen atoms in total. The number of hydrogen-bond donors (Lipinski definition) is 0. The molecule has 0 saturated heterocycles. The van der Waals surface area contributed by atoms with Gasteiger partial charge < -0.3 is 14.2 Å². The van der Waals surface area contributed by atoms with Gasteiger partial charge in [0.25, 0.3) is 0 Å². The Hall–Kier alpha value is -3.93. The highest BCUT2D eigenvalue weighted by atomic mass is 16.6. The smallest absolute Gasteiger partial charge is 0.306 e. The number of allylic oxidation sites excluding steroid dienone is 18. The minimum atomic E-state index is -0.832. The van der Waals surface area contributed by atoms with Gasteiger partial charge >= 0.3 is 17.9 Å². The lowest BCUT2D eigenvalue weighted by Crippen LogP contribution is -2.30. The van der Waals surface area contributed by atoms with E-state index in [2.05, 4.69) is 130 Å². The van der Waals surface area contributed by atoms with Crippen LogP contribution < -0.4 is 0 Å². The Morgan fingerprint density at radius 2 is 0.536 bits per heavy atom. The summed E-state index contributed by atoms with van der Waals surface area (Å²) in [7, 11) is 0. The summed E-state index contributed by atoms with van der Waals surface area (Å²) in [6, 6.07) is 0. The van der Waals surface area contributed by atoms with Crippen molar-refractivity contribution in [3.63, 3.8) is 0 Å².